The van der Waals surface area contributed by atoms with Gasteiger partial charge in [0.15, 0.2) is 0 Å². The molecule has 0 amide bonds. The molecule has 0 bridgehead atoms. The lowest BCUT2D eigenvalue weighted by atomic mass is 9.71. The van der Waals surface area contributed by atoms with Crippen molar-refractivity contribution in [2.24, 2.45) is 0 Å². The van der Waals surface area contributed by atoms with Crippen LogP contribution in [0.5, 0.6) is 0 Å². The van der Waals surface area contributed by atoms with E-state index in [-0.39, 0.29) is 5.41 Å². The number of hydrogen-bond donors (Lipinski definition) is 0. The molecule has 0 aliphatic heterocycles. The summed E-state index contributed by atoms with van der Waals surface area (Å²) in [6, 6.07) is 22.2. The molecule has 2 aromatic heterocycles. The molecule has 27 heavy (non-hydrogen) atoms. The highest BCUT2D eigenvalue weighted by Crippen LogP contribution is 2.61. The molecule has 2 aromatic carbocycles. The van der Waals surface area contributed by atoms with Crippen molar-refractivity contribution in [3.63, 3.8) is 0 Å². The average Bonchev–Trinajstić information content (AvgIpc) is 3.14. The normalized spacial score (nSPS) is 14.6. The molecule has 4 aromatic rings. The van der Waals surface area contributed by atoms with E-state index in [9.17, 15) is 0 Å². The molecular weight excluding hydrogens is 328 g/mol. The van der Waals surface area contributed by atoms with Crippen LogP contribution < -0.4 is 0 Å². The smallest absolute Gasteiger partial charge is 0.0937 e. The van der Waals surface area contributed by atoms with Gasteiger partial charge in [0.2, 0.25) is 0 Å². The van der Waals surface area contributed by atoms with Crippen molar-refractivity contribution in [3.8, 4) is 22.5 Å². The van der Waals surface area contributed by atoms with Crippen LogP contribution in [0, 0.1) is 13.8 Å². The Bertz CT molecular complexity index is 1150. The summed E-state index contributed by atoms with van der Waals surface area (Å²) in [5, 5.41) is 0. The molecule has 6 rings (SSSR count). The molecule has 2 nitrogen and oxygen atoms in total. The first-order chi connectivity index (χ1) is 13.2. The molecule has 1 spiro atoms. The van der Waals surface area contributed by atoms with Crippen LogP contribution in [0.4, 0.5) is 0 Å². The minimum absolute atomic E-state index is 0.324. The molecular formula is C25H18N2. The third kappa shape index (κ3) is 1.66. The van der Waals surface area contributed by atoms with Crippen molar-refractivity contribution in [2.75, 3.05) is 0 Å². The fourth-order valence-corrected chi connectivity index (χ4v) is 5.05. The molecule has 0 radical (unpaired) electrons. The third-order valence-corrected chi connectivity index (χ3v) is 6.03. The van der Waals surface area contributed by atoms with Crippen LogP contribution in [0.25, 0.3) is 22.5 Å². The summed E-state index contributed by atoms with van der Waals surface area (Å²) in [6.07, 6.45) is 3.91. The Morgan fingerprint density at radius 3 is 1.52 bits per heavy atom. The molecule has 0 N–H and O–H groups in total. The van der Waals surface area contributed by atoms with Gasteiger partial charge in [0, 0.05) is 12.4 Å². The van der Waals surface area contributed by atoms with E-state index in [1.165, 1.54) is 44.5 Å². The molecule has 128 valence electrons. The highest BCUT2D eigenvalue weighted by molar-refractivity contribution is 5.92. The Labute approximate surface area is 158 Å². The number of nitrogens with zero attached hydrogens (tertiary/aromatic N) is 2. The maximum absolute atomic E-state index is 4.83. The molecule has 0 fully saturated rings. The van der Waals surface area contributed by atoms with Gasteiger partial charge in [-0.15, -0.1) is 0 Å². The molecule has 2 aliphatic rings. The van der Waals surface area contributed by atoms with Crippen LogP contribution in [0.1, 0.15) is 33.4 Å². The summed E-state index contributed by atoms with van der Waals surface area (Å²) in [7, 11) is 0. The van der Waals surface area contributed by atoms with Crippen LogP contribution >= 0.6 is 0 Å². The van der Waals surface area contributed by atoms with Crippen molar-refractivity contribution in [3.05, 3.63) is 106 Å². The summed E-state index contributed by atoms with van der Waals surface area (Å²) in [4.78, 5) is 9.66. The fourth-order valence-electron chi connectivity index (χ4n) is 5.05. The van der Waals surface area contributed by atoms with Gasteiger partial charge in [-0.1, -0.05) is 60.7 Å². The first-order valence-electron chi connectivity index (χ1n) is 9.35. The van der Waals surface area contributed by atoms with E-state index in [0.717, 1.165) is 11.4 Å². The second-order valence-corrected chi connectivity index (χ2v) is 7.66. The lowest BCUT2D eigenvalue weighted by Gasteiger charge is -2.30. The molecule has 2 aliphatic carbocycles. The number of aromatic nitrogens is 2. The SMILES string of the molecule is Cc1cnc2c(c1)C1(c3ccccc3-c3ccccc31)c1cc(C)cnc1-2. The Hall–Kier alpha value is -3.26. The average molecular weight is 346 g/mol. The van der Waals surface area contributed by atoms with Gasteiger partial charge in [-0.3, -0.25) is 9.97 Å². The van der Waals surface area contributed by atoms with Crippen molar-refractivity contribution < 1.29 is 0 Å². The van der Waals surface area contributed by atoms with Crippen molar-refractivity contribution in [1.29, 1.82) is 0 Å². The predicted molar refractivity (Wildman–Crippen MR) is 108 cm³/mol. The van der Waals surface area contributed by atoms with E-state index in [4.69, 9.17) is 9.97 Å². The second kappa shape index (κ2) is 4.92. The molecule has 0 atom stereocenters. The maximum Gasteiger partial charge on any atom is 0.0937 e. The largest absolute Gasteiger partial charge is 0.254 e. The van der Waals surface area contributed by atoms with Gasteiger partial charge < -0.3 is 0 Å². The van der Waals surface area contributed by atoms with E-state index < -0.39 is 0 Å². The topological polar surface area (TPSA) is 25.8 Å². The van der Waals surface area contributed by atoms with Gasteiger partial charge in [-0.2, -0.15) is 0 Å². The Balaban J connectivity index is 1.88. The number of aryl methyl sites for hydroxylation is 2. The third-order valence-electron chi connectivity index (χ3n) is 6.03. The van der Waals surface area contributed by atoms with E-state index in [0.29, 0.717) is 0 Å². The number of pyridine rings is 2. The highest BCUT2D eigenvalue weighted by atomic mass is 14.8. The summed E-state index contributed by atoms with van der Waals surface area (Å²) in [6.45, 7) is 4.24. The summed E-state index contributed by atoms with van der Waals surface area (Å²) in [5.41, 5.74) is 11.9. The Morgan fingerprint density at radius 1 is 0.593 bits per heavy atom. The van der Waals surface area contributed by atoms with E-state index in [2.05, 4.69) is 74.5 Å². The van der Waals surface area contributed by atoms with Crippen LogP contribution in [0.3, 0.4) is 0 Å². The fraction of sp³-hybridized carbons (Fsp3) is 0.120. The van der Waals surface area contributed by atoms with Crippen LogP contribution in [0.15, 0.2) is 73.1 Å². The van der Waals surface area contributed by atoms with E-state index in [1.54, 1.807) is 0 Å². The molecule has 2 heterocycles. The standard InChI is InChI=1S/C25H18N2/c1-15-11-21-23(26-13-15)24-22(12-16(2)14-27-24)25(21)19-9-5-3-7-17(19)18-8-4-6-10-20(18)25/h3-14H,1-2H3. The van der Waals surface area contributed by atoms with Gasteiger partial charge >= 0.3 is 0 Å². The Kier molecular flexibility index (Phi) is 2.71. The van der Waals surface area contributed by atoms with Gasteiger partial charge in [-0.05, 0) is 58.4 Å². The van der Waals surface area contributed by atoms with E-state index in [1.807, 2.05) is 12.4 Å². The predicted octanol–water partition coefficient (Wildman–Crippen LogP) is 5.44. The number of benzene rings is 2. The minimum Gasteiger partial charge on any atom is -0.254 e. The zero-order chi connectivity index (χ0) is 18.2. The first kappa shape index (κ1) is 14.9. The highest BCUT2D eigenvalue weighted by Gasteiger charge is 2.52. The van der Waals surface area contributed by atoms with Crippen LogP contribution in [-0.2, 0) is 5.41 Å². The van der Waals surface area contributed by atoms with Crippen LogP contribution in [-0.4, -0.2) is 9.97 Å². The summed E-state index contributed by atoms with van der Waals surface area (Å²) in [5.74, 6) is 0. The number of fused-ring (bicyclic) bond motifs is 10. The van der Waals surface area contributed by atoms with Gasteiger partial charge in [0.25, 0.3) is 0 Å². The van der Waals surface area contributed by atoms with Crippen molar-refractivity contribution in [1.82, 2.24) is 9.97 Å². The van der Waals surface area contributed by atoms with Crippen molar-refractivity contribution in [2.45, 2.75) is 19.3 Å². The van der Waals surface area contributed by atoms with E-state index >= 15 is 0 Å². The van der Waals surface area contributed by atoms with Crippen LogP contribution in [0.2, 0.25) is 0 Å². The number of rotatable bonds is 0. The first-order valence-corrected chi connectivity index (χ1v) is 9.35. The minimum atomic E-state index is -0.324. The lowest BCUT2D eigenvalue weighted by molar-refractivity contribution is 0.787. The molecule has 0 saturated heterocycles. The number of hydrogen-bond acceptors (Lipinski definition) is 2. The van der Waals surface area contributed by atoms with Gasteiger partial charge in [-0.25, -0.2) is 0 Å². The zero-order valence-corrected chi connectivity index (χ0v) is 15.3. The quantitative estimate of drug-likeness (QED) is 0.366. The molecule has 0 saturated carbocycles. The summed E-state index contributed by atoms with van der Waals surface area (Å²) < 4.78 is 0. The zero-order valence-electron chi connectivity index (χ0n) is 15.3. The maximum atomic E-state index is 4.83. The monoisotopic (exact) mass is 346 g/mol. The molecule has 0 unspecified atom stereocenters. The lowest BCUT2D eigenvalue weighted by Crippen LogP contribution is -2.26. The Morgan fingerprint density at radius 2 is 1.04 bits per heavy atom. The molecule has 2 heteroatoms. The second-order valence-electron chi connectivity index (χ2n) is 7.66. The summed E-state index contributed by atoms with van der Waals surface area (Å²) >= 11 is 0. The van der Waals surface area contributed by atoms with Crippen molar-refractivity contribution >= 4 is 0 Å². The van der Waals surface area contributed by atoms with Gasteiger partial charge in [0.1, 0.15) is 0 Å². The van der Waals surface area contributed by atoms with Gasteiger partial charge in [0.05, 0.1) is 16.8 Å².